The largest absolute Gasteiger partial charge is 0.493 e. The van der Waals surface area contributed by atoms with Gasteiger partial charge in [-0.15, -0.1) is 0 Å². The third kappa shape index (κ3) is 5.73. The maximum atomic E-state index is 13.0. The lowest BCUT2D eigenvalue weighted by molar-refractivity contribution is -0.137. The van der Waals surface area contributed by atoms with Crippen molar-refractivity contribution in [1.82, 2.24) is 15.0 Å². The molecule has 1 saturated heterocycles. The molecule has 2 aromatic carbocycles. The Morgan fingerprint density at radius 2 is 1.64 bits per heavy atom. The number of nitrogens with one attached hydrogen (secondary N) is 1. The molecule has 2 aromatic heterocycles. The molecule has 0 unspecified atom stereocenters. The summed E-state index contributed by atoms with van der Waals surface area (Å²) in [6.45, 7) is 2.27. The maximum absolute atomic E-state index is 13.0. The van der Waals surface area contributed by atoms with Gasteiger partial charge in [-0.1, -0.05) is 23.7 Å². The molecular weight excluding hydrogens is 533 g/mol. The Morgan fingerprint density at radius 1 is 0.897 bits per heavy atom. The van der Waals surface area contributed by atoms with Crippen molar-refractivity contribution in [3.05, 3.63) is 65.3 Å². The third-order valence-electron chi connectivity index (χ3n) is 6.47. The highest BCUT2D eigenvalue weighted by Crippen LogP contribution is 2.35. The zero-order valence-corrected chi connectivity index (χ0v) is 22.1. The van der Waals surface area contributed by atoms with Crippen molar-refractivity contribution in [3.63, 3.8) is 0 Å². The average molecular weight is 559 g/mol. The van der Waals surface area contributed by atoms with Crippen LogP contribution in [0.4, 0.5) is 36.4 Å². The van der Waals surface area contributed by atoms with E-state index in [0.717, 1.165) is 28.9 Å². The van der Waals surface area contributed by atoms with Crippen molar-refractivity contribution in [3.8, 4) is 11.5 Å². The Bertz CT molecular complexity index is 1490. The van der Waals surface area contributed by atoms with Crippen molar-refractivity contribution in [2.75, 3.05) is 55.5 Å². The molecule has 39 heavy (non-hydrogen) atoms. The number of methoxy groups -OCH3 is 2. The Morgan fingerprint density at radius 3 is 2.38 bits per heavy atom. The smallest absolute Gasteiger partial charge is 0.417 e. The zero-order chi connectivity index (χ0) is 27.6. The first kappa shape index (κ1) is 26.6. The minimum atomic E-state index is -4.50. The predicted molar refractivity (Wildman–Crippen MR) is 146 cm³/mol. The summed E-state index contributed by atoms with van der Waals surface area (Å²) in [5.41, 5.74) is 0.679. The molecule has 0 amide bonds. The van der Waals surface area contributed by atoms with Crippen LogP contribution >= 0.6 is 11.6 Å². The first-order valence-corrected chi connectivity index (χ1v) is 12.6. The van der Waals surface area contributed by atoms with E-state index < -0.39 is 11.7 Å². The molecule has 5 rings (SSSR count). The second kappa shape index (κ2) is 11.0. The van der Waals surface area contributed by atoms with Gasteiger partial charge in [-0.3, -0.25) is 0 Å². The first-order valence-electron chi connectivity index (χ1n) is 12.3. The summed E-state index contributed by atoms with van der Waals surface area (Å²) in [6, 6.07) is 14.2. The van der Waals surface area contributed by atoms with Crippen molar-refractivity contribution in [2.24, 2.45) is 0 Å². The van der Waals surface area contributed by atoms with Crippen LogP contribution in [0.25, 0.3) is 10.9 Å². The Kier molecular flexibility index (Phi) is 7.51. The average Bonchev–Trinajstić information content (AvgIpc) is 3.18. The van der Waals surface area contributed by atoms with E-state index in [0.29, 0.717) is 61.7 Å². The molecule has 12 heteroatoms. The Labute approximate surface area is 228 Å². The van der Waals surface area contributed by atoms with Gasteiger partial charge in [0.05, 0.1) is 30.3 Å². The van der Waals surface area contributed by atoms with Crippen molar-refractivity contribution < 1.29 is 22.6 Å². The standard InChI is InChI=1S/C27H26ClF3N6O2/c1-38-22-9-8-18(15-23(22)39-2)33-24-19-6-3-4-7-21(19)34-26(35-24)37-11-5-10-36(12-13-37)25-20(28)14-17(16-32-25)27(29,30)31/h3-4,6-9,14-16H,5,10-13H2,1-2H3,(H,33,34,35). The number of anilines is 4. The van der Waals surface area contributed by atoms with Gasteiger partial charge in [0.1, 0.15) is 11.6 Å². The SMILES string of the molecule is COc1ccc(Nc2nc(N3CCCN(c4ncc(C(F)(F)F)cc4Cl)CC3)nc3ccccc23)cc1OC. The molecule has 1 fully saturated rings. The van der Waals surface area contributed by atoms with E-state index in [2.05, 4.69) is 15.2 Å². The molecule has 0 spiro atoms. The van der Waals surface area contributed by atoms with Crippen LogP contribution in [0, 0.1) is 0 Å². The Balaban J connectivity index is 1.40. The number of fused-ring (bicyclic) bond motifs is 1. The Hall–Kier alpha value is -3.99. The molecule has 0 bridgehead atoms. The summed E-state index contributed by atoms with van der Waals surface area (Å²) in [5.74, 6) is 2.72. The highest BCUT2D eigenvalue weighted by molar-refractivity contribution is 6.33. The van der Waals surface area contributed by atoms with Gasteiger partial charge in [0.2, 0.25) is 5.95 Å². The van der Waals surface area contributed by atoms with E-state index in [9.17, 15) is 13.2 Å². The van der Waals surface area contributed by atoms with Gasteiger partial charge in [0.25, 0.3) is 0 Å². The second-order valence-corrected chi connectivity index (χ2v) is 9.35. The monoisotopic (exact) mass is 558 g/mol. The summed E-state index contributed by atoms with van der Waals surface area (Å²) in [6.07, 6.45) is -2.96. The highest BCUT2D eigenvalue weighted by atomic mass is 35.5. The van der Waals surface area contributed by atoms with Crippen LogP contribution in [-0.4, -0.2) is 55.4 Å². The van der Waals surface area contributed by atoms with Crippen LogP contribution in [0.3, 0.4) is 0 Å². The van der Waals surface area contributed by atoms with Crippen molar-refractivity contribution in [1.29, 1.82) is 0 Å². The number of pyridine rings is 1. The summed E-state index contributed by atoms with van der Waals surface area (Å²) in [4.78, 5) is 17.6. The number of halogens is 4. The number of benzene rings is 2. The number of ether oxygens (including phenoxy) is 2. The molecule has 8 nitrogen and oxygen atoms in total. The van der Waals surface area contributed by atoms with Gasteiger partial charge in [-0.25, -0.2) is 9.97 Å². The number of rotatable bonds is 6. The molecule has 0 saturated carbocycles. The van der Waals surface area contributed by atoms with Gasteiger partial charge >= 0.3 is 6.18 Å². The molecule has 4 aromatic rings. The highest BCUT2D eigenvalue weighted by Gasteiger charge is 2.32. The minimum absolute atomic E-state index is 0.0263. The van der Waals surface area contributed by atoms with Crippen LogP contribution in [0.5, 0.6) is 11.5 Å². The number of hydrogen-bond donors (Lipinski definition) is 1. The number of alkyl halides is 3. The fourth-order valence-corrected chi connectivity index (χ4v) is 4.79. The number of nitrogens with zero attached hydrogens (tertiary/aromatic N) is 5. The van der Waals surface area contributed by atoms with Gasteiger partial charge in [-0.05, 0) is 36.8 Å². The zero-order valence-electron chi connectivity index (χ0n) is 21.3. The molecular formula is C27H26ClF3N6O2. The molecule has 204 valence electrons. The van der Waals surface area contributed by atoms with Crippen LogP contribution in [0.1, 0.15) is 12.0 Å². The quantitative estimate of drug-likeness (QED) is 0.301. The van der Waals surface area contributed by atoms with Crippen LogP contribution in [-0.2, 0) is 6.18 Å². The lowest BCUT2D eigenvalue weighted by atomic mass is 10.2. The summed E-state index contributed by atoms with van der Waals surface area (Å²) < 4.78 is 49.9. The maximum Gasteiger partial charge on any atom is 0.417 e. The normalized spacial score (nSPS) is 14.3. The van der Waals surface area contributed by atoms with Gasteiger partial charge in [0.15, 0.2) is 11.5 Å². The van der Waals surface area contributed by atoms with Crippen molar-refractivity contribution in [2.45, 2.75) is 12.6 Å². The first-order chi connectivity index (χ1) is 18.8. The van der Waals surface area contributed by atoms with Crippen LogP contribution in [0.2, 0.25) is 5.02 Å². The molecule has 0 atom stereocenters. The molecule has 3 heterocycles. The number of para-hydroxylation sites is 1. The van der Waals surface area contributed by atoms with Gasteiger partial charge in [0, 0.05) is 49.5 Å². The topological polar surface area (TPSA) is 75.6 Å². The molecule has 0 radical (unpaired) electrons. The van der Waals surface area contributed by atoms with Gasteiger partial charge in [-0.2, -0.15) is 18.2 Å². The third-order valence-corrected chi connectivity index (χ3v) is 6.74. The number of aromatic nitrogens is 3. The molecule has 1 aliphatic rings. The lowest BCUT2D eigenvalue weighted by Crippen LogP contribution is -2.32. The fraction of sp³-hybridized carbons (Fsp3) is 0.296. The molecule has 0 aliphatic carbocycles. The summed E-state index contributed by atoms with van der Waals surface area (Å²) in [5, 5.41) is 4.21. The van der Waals surface area contributed by atoms with E-state index in [4.69, 9.17) is 31.0 Å². The van der Waals surface area contributed by atoms with E-state index >= 15 is 0 Å². The lowest BCUT2D eigenvalue weighted by Gasteiger charge is -2.24. The number of hydrogen-bond acceptors (Lipinski definition) is 8. The van der Waals surface area contributed by atoms with E-state index in [-0.39, 0.29) is 5.02 Å². The minimum Gasteiger partial charge on any atom is -0.493 e. The summed E-state index contributed by atoms with van der Waals surface area (Å²) in [7, 11) is 3.16. The van der Waals surface area contributed by atoms with Gasteiger partial charge < -0.3 is 24.6 Å². The van der Waals surface area contributed by atoms with Crippen LogP contribution < -0.4 is 24.6 Å². The van der Waals surface area contributed by atoms with Crippen LogP contribution in [0.15, 0.2) is 54.7 Å². The van der Waals surface area contributed by atoms with Crippen molar-refractivity contribution >= 4 is 45.8 Å². The fourth-order valence-electron chi connectivity index (χ4n) is 4.50. The molecule has 1 N–H and O–H groups in total. The van der Waals surface area contributed by atoms with E-state index in [1.807, 2.05) is 47.4 Å². The second-order valence-electron chi connectivity index (χ2n) is 8.94. The van der Waals surface area contributed by atoms with E-state index in [1.54, 1.807) is 14.2 Å². The summed E-state index contributed by atoms with van der Waals surface area (Å²) >= 11 is 6.21. The van der Waals surface area contributed by atoms with E-state index in [1.165, 1.54) is 0 Å². The molecule has 1 aliphatic heterocycles. The predicted octanol–water partition coefficient (Wildman–Crippen LogP) is 6.17.